The molecular weight excluding hydrogens is 189 g/mol. The summed E-state index contributed by atoms with van der Waals surface area (Å²) in [4.78, 5) is 2.14. The van der Waals surface area contributed by atoms with Crippen molar-refractivity contribution in [3.05, 3.63) is 29.8 Å². The van der Waals surface area contributed by atoms with Gasteiger partial charge >= 0.3 is 18.9 Å². The second-order valence-corrected chi connectivity index (χ2v) is 4.61. The van der Waals surface area contributed by atoms with Crippen molar-refractivity contribution in [3.8, 4) is 0 Å². The molecule has 0 N–H and O–H groups in total. The minimum absolute atomic E-state index is 0. The van der Waals surface area contributed by atoms with E-state index in [0.717, 1.165) is 5.92 Å². The summed E-state index contributed by atoms with van der Waals surface area (Å²) in [6.07, 6.45) is 3.80. The van der Waals surface area contributed by atoms with Crippen LogP contribution in [0.5, 0.6) is 0 Å². The molecule has 0 spiro atoms. The minimum atomic E-state index is 0. The first-order valence-corrected chi connectivity index (χ1v) is 5.89. The summed E-state index contributed by atoms with van der Waals surface area (Å²) in [6, 6.07) is 8.90. The summed E-state index contributed by atoms with van der Waals surface area (Å²) in [5.74, 6) is 0.846. The van der Waals surface area contributed by atoms with Gasteiger partial charge in [0.2, 0.25) is 0 Å². The third kappa shape index (κ3) is 5.10. The predicted octanol–water partition coefficient (Wildman–Crippen LogP) is 0.848. The third-order valence-electron chi connectivity index (χ3n) is 3.08. The van der Waals surface area contributed by atoms with Gasteiger partial charge in [0.05, 0.1) is 0 Å². The van der Waals surface area contributed by atoms with Gasteiger partial charge in [0, 0.05) is 19.8 Å². The molecule has 86 valence electrons. The summed E-state index contributed by atoms with van der Waals surface area (Å²) in [6.45, 7) is 4.59. The second-order valence-electron chi connectivity index (χ2n) is 4.61. The van der Waals surface area contributed by atoms with Gasteiger partial charge in [-0.2, -0.15) is 0 Å². The van der Waals surface area contributed by atoms with Crippen LogP contribution in [0.2, 0.25) is 0 Å². The summed E-state index contributed by atoms with van der Waals surface area (Å²) in [5, 5.41) is 0. The van der Waals surface area contributed by atoms with Gasteiger partial charge in [-0.3, -0.25) is 0 Å². The van der Waals surface area contributed by atoms with Crippen LogP contribution in [-0.4, -0.2) is 14.1 Å². The second kappa shape index (κ2) is 7.82. The van der Waals surface area contributed by atoms with Gasteiger partial charge in [-0.05, 0) is 36.5 Å². The summed E-state index contributed by atoms with van der Waals surface area (Å²) < 4.78 is 0. The van der Waals surface area contributed by atoms with Crippen molar-refractivity contribution >= 4 is 5.69 Å². The van der Waals surface area contributed by atoms with Crippen molar-refractivity contribution in [2.75, 3.05) is 19.0 Å². The average Bonchev–Trinajstić information content (AvgIpc) is 2.26. The molecule has 0 aliphatic heterocycles. The number of benzene rings is 1. The van der Waals surface area contributed by atoms with E-state index in [1.165, 1.54) is 30.5 Å². The number of aryl methyl sites for hydroxylation is 1. The van der Waals surface area contributed by atoms with E-state index in [2.05, 4.69) is 57.1 Å². The monoisotopic (exact) mass is 213 g/mol. The van der Waals surface area contributed by atoms with E-state index in [0.29, 0.717) is 0 Å². The van der Waals surface area contributed by atoms with E-state index in [1.54, 1.807) is 0 Å². The van der Waals surface area contributed by atoms with Gasteiger partial charge in [0.15, 0.2) is 0 Å². The van der Waals surface area contributed by atoms with Crippen LogP contribution in [0.15, 0.2) is 24.3 Å². The van der Waals surface area contributed by atoms with Crippen LogP contribution in [0.4, 0.5) is 5.69 Å². The first-order chi connectivity index (χ1) is 7.13. The summed E-state index contributed by atoms with van der Waals surface area (Å²) in [7, 11) is 4.16. The number of nitrogens with zero attached hydrogens (tertiary/aromatic N) is 1. The van der Waals surface area contributed by atoms with E-state index in [9.17, 15) is 0 Å². The van der Waals surface area contributed by atoms with E-state index < -0.39 is 0 Å². The van der Waals surface area contributed by atoms with Crippen LogP contribution in [0, 0.1) is 5.92 Å². The Morgan fingerprint density at radius 1 is 1.19 bits per heavy atom. The smallest absolute Gasteiger partial charge is 1.00 e. The van der Waals surface area contributed by atoms with Gasteiger partial charge in [-0.1, -0.05) is 32.4 Å². The zero-order valence-corrected chi connectivity index (χ0v) is 11.5. The summed E-state index contributed by atoms with van der Waals surface area (Å²) in [5.41, 5.74) is 2.74. The molecule has 1 atom stereocenters. The molecule has 0 amide bonds. The van der Waals surface area contributed by atoms with E-state index >= 15 is 0 Å². The number of hydrogen-bond donors (Lipinski definition) is 0. The average molecular weight is 213 g/mol. The van der Waals surface area contributed by atoms with Crippen molar-refractivity contribution in [1.29, 1.82) is 0 Å². The van der Waals surface area contributed by atoms with Crippen molar-refractivity contribution in [3.63, 3.8) is 0 Å². The molecule has 0 aliphatic carbocycles. The fourth-order valence-electron chi connectivity index (χ4n) is 1.58. The molecule has 0 saturated heterocycles. The molecule has 1 nitrogen and oxygen atoms in total. The Hall–Kier alpha value is -0.383. The fraction of sp³-hybridized carbons (Fsp3) is 0.571. The van der Waals surface area contributed by atoms with Gasteiger partial charge < -0.3 is 6.33 Å². The zero-order chi connectivity index (χ0) is 11.3. The van der Waals surface area contributed by atoms with Crippen molar-refractivity contribution in [2.24, 2.45) is 5.92 Å². The Labute approximate surface area is 114 Å². The molecule has 0 radical (unpaired) electrons. The van der Waals surface area contributed by atoms with Crippen molar-refractivity contribution in [1.82, 2.24) is 0 Å². The Bertz CT molecular complexity index is 285. The van der Waals surface area contributed by atoms with Crippen LogP contribution in [-0.2, 0) is 6.42 Å². The maximum absolute atomic E-state index is 2.33. The van der Waals surface area contributed by atoms with Gasteiger partial charge in [-0.25, -0.2) is 0 Å². The molecule has 0 aromatic heterocycles. The van der Waals surface area contributed by atoms with Crippen molar-refractivity contribution in [2.45, 2.75) is 33.1 Å². The SMILES string of the molecule is CCC(C)CCc1ccc(N(C)C)cc1.[H-].[Li+]. The molecule has 0 aliphatic rings. The van der Waals surface area contributed by atoms with Crippen LogP contribution in [0.25, 0.3) is 0 Å². The normalized spacial score (nSPS) is 11.8. The molecule has 1 rings (SSSR count). The van der Waals surface area contributed by atoms with E-state index in [1.807, 2.05) is 0 Å². The quantitative estimate of drug-likeness (QED) is 0.655. The molecule has 16 heavy (non-hydrogen) atoms. The third-order valence-corrected chi connectivity index (χ3v) is 3.08. The van der Waals surface area contributed by atoms with Crippen LogP contribution < -0.4 is 23.8 Å². The van der Waals surface area contributed by atoms with Gasteiger partial charge in [0.1, 0.15) is 0 Å². The van der Waals surface area contributed by atoms with Gasteiger partial charge in [-0.15, -0.1) is 0 Å². The fourth-order valence-corrected chi connectivity index (χ4v) is 1.58. The largest absolute Gasteiger partial charge is 1.00 e. The standard InChI is InChI=1S/C14H23N.Li.H/c1-5-12(2)6-7-13-8-10-14(11-9-13)15(3)4;;/h8-12H,5-7H2,1-4H3;;/q;+1;-1. The van der Waals surface area contributed by atoms with Crippen molar-refractivity contribution < 1.29 is 20.3 Å². The predicted molar refractivity (Wildman–Crippen MR) is 69.7 cm³/mol. The molecule has 1 aromatic carbocycles. The van der Waals surface area contributed by atoms with Crippen LogP contribution in [0.3, 0.4) is 0 Å². The van der Waals surface area contributed by atoms with Gasteiger partial charge in [0.25, 0.3) is 0 Å². The number of hydrogen-bond acceptors (Lipinski definition) is 1. The molecule has 0 saturated carbocycles. The molecule has 0 heterocycles. The topological polar surface area (TPSA) is 3.24 Å². The molecule has 0 fully saturated rings. The number of rotatable bonds is 5. The Balaban J connectivity index is 0. The van der Waals surface area contributed by atoms with E-state index in [-0.39, 0.29) is 20.3 Å². The zero-order valence-electron chi connectivity index (χ0n) is 12.5. The molecule has 1 aromatic rings. The number of anilines is 1. The Kier molecular flexibility index (Phi) is 7.63. The minimum Gasteiger partial charge on any atom is -1.00 e. The first-order valence-electron chi connectivity index (χ1n) is 5.89. The van der Waals surface area contributed by atoms with Crippen LogP contribution in [0.1, 0.15) is 33.7 Å². The van der Waals surface area contributed by atoms with Crippen LogP contribution >= 0.6 is 0 Å². The molecular formula is C14H24LiN. The summed E-state index contributed by atoms with van der Waals surface area (Å²) >= 11 is 0. The van der Waals surface area contributed by atoms with E-state index in [4.69, 9.17) is 0 Å². The first kappa shape index (κ1) is 15.6. The maximum atomic E-state index is 2.33. The maximum Gasteiger partial charge on any atom is 1.00 e. The Morgan fingerprint density at radius 2 is 1.75 bits per heavy atom. The molecule has 2 heteroatoms. The Morgan fingerprint density at radius 3 is 2.19 bits per heavy atom. The molecule has 0 bridgehead atoms. The molecule has 1 unspecified atom stereocenters.